The van der Waals surface area contributed by atoms with Crippen molar-refractivity contribution in [2.75, 3.05) is 29.9 Å². The summed E-state index contributed by atoms with van der Waals surface area (Å²) in [5, 5.41) is 3.26. The molecule has 0 bridgehead atoms. The molecule has 5 nitrogen and oxygen atoms in total. The van der Waals surface area contributed by atoms with Crippen LogP contribution in [0.5, 0.6) is 0 Å². The Morgan fingerprint density at radius 1 is 1.12 bits per heavy atom. The minimum absolute atomic E-state index is 0.527. The number of pyridine rings is 1. The molecule has 0 spiro atoms. The normalized spacial score (nSPS) is 18.0. The van der Waals surface area contributed by atoms with Gasteiger partial charge in [0, 0.05) is 43.4 Å². The monoisotopic (exact) mass is 349 g/mol. The molecule has 26 heavy (non-hydrogen) atoms. The van der Waals surface area contributed by atoms with E-state index in [1.165, 1.54) is 36.1 Å². The molecule has 3 N–H and O–H groups in total. The van der Waals surface area contributed by atoms with Gasteiger partial charge in [-0.25, -0.2) is 0 Å². The maximum absolute atomic E-state index is 6.11. The summed E-state index contributed by atoms with van der Waals surface area (Å²) in [4.78, 5) is 11.1. The van der Waals surface area contributed by atoms with E-state index in [0.29, 0.717) is 11.9 Å². The number of piperidine rings is 1. The molecule has 2 aliphatic rings. The zero-order valence-electron chi connectivity index (χ0n) is 15.2. The SMILES string of the molecule is NC(=NCC1CCN(c2ccncc2)CC1)Nc1ccc2c(c1)CCC2. The Balaban J connectivity index is 1.27. The lowest BCUT2D eigenvalue weighted by molar-refractivity contribution is 0.415. The Morgan fingerprint density at radius 3 is 2.69 bits per heavy atom. The molecule has 1 saturated heterocycles. The number of fused-ring (bicyclic) bond motifs is 1. The highest BCUT2D eigenvalue weighted by atomic mass is 15.1. The lowest BCUT2D eigenvalue weighted by Crippen LogP contribution is -2.35. The van der Waals surface area contributed by atoms with Gasteiger partial charge in [-0.15, -0.1) is 0 Å². The van der Waals surface area contributed by atoms with E-state index in [-0.39, 0.29) is 0 Å². The number of rotatable bonds is 4. The number of nitrogens with two attached hydrogens (primary N) is 1. The summed E-state index contributed by atoms with van der Waals surface area (Å²) < 4.78 is 0. The number of hydrogen-bond acceptors (Lipinski definition) is 3. The highest BCUT2D eigenvalue weighted by molar-refractivity contribution is 5.92. The number of anilines is 2. The van der Waals surface area contributed by atoms with Gasteiger partial charge in [-0.3, -0.25) is 9.98 Å². The van der Waals surface area contributed by atoms with E-state index in [2.05, 4.69) is 50.5 Å². The van der Waals surface area contributed by atoms with Crippen LogP contribution < -0.4 is 16.0 Å². The third kappa shape index (κ3) is 3.98. The van der Waals surface area contributed by atoms with Crippen molar-refractivity contribution < 1.29 is 0 Å². The van der Waals surface area contributed by atoms with Crippen LogP contribution in [0.25, 0.3) is 0 Å². The fourth-order valence-electron chi connectivity index (χ4n) is 3.99. The Bertz CT molecular complexity index is 763. The number of aryl methyl sites for hydroxylation is 2. The molecule has 1 aliphatic carbocycles. The maximum Gasteiger partial charge on any atom is 0.193 e. The fourth-order valence-corrected chi connectivity index (χ4v) is 3.99. The van der Waals surface area contributed by atoms with Crippen molar-refractivity contribution in [3.63, 3.8) is 0 Å². The van der Waals surface area contributed by atoms with Gasteiger partial charge in [0.2, 0.25) is 0 Å². The van der Waals surface area contributed by atoms with Crippen LogP contribution in [0.1, 0.15) is 30.4 Å². The van der Waals surface area contributed by atoms with E-state index in [0.717, 1.165) is 38.2 Å². The van der Waals surface area contributed by atoms with Gasteiger partial charge in [0.05, 0.1) is 0 Å². The summed E-state index contributed by atoms with van der Waals surface area (Å²) in [6.45, 7) is 2.94. The molecule has 0 saturated carbocycles. The summed E-state index contributed by atoms with van der Waals surface area (Å²) in [7, 11) is 0. The van der Waals surface area contributed by atoms with Crippen LogP contribution in [-0.4, -0.2) is 30.6 Å². The van der Waals surface area contributed by atoms with Gasteiger partial charge >= 0.3 is 0 Å². The fraction of sp³-hybridized carbons (Fsp3) is 0.429. The lowest BCUT2D eigenvalue weighted by atomic mass is 9.97. The first-order valence-electron chi connectivity index (χ1n) is 9.61. The van der Waals surface area contributed by atoms with Gasteiger partial charge in [0.25, 0.3) is 0 Å². The maximum atomic E-state index is 6.11. The Kier molecular flexibility index (Phi) is 5.04. The van der Waals surface area contributed by atoms with Gasteiger partial charge in [0.1, 0.15) is 0 Å². The van der Waals surface area contributed by atoms with Crippen molar-refractivity contribution in [3.8, 4) is 0 Å². The Labute approximate surface area is 155 Å². The molecule has 5 heteroatoms. The number of aromatic nitrogens is 1. The van der Waals surface area contributed by atoms with Crippen molar-refractivity contribution in [1.29, 1.82) is 0 Å². The molecule has 0 amide bonds. The third-order valence-electron chi connectivity index (χ3n) is 5.53. The number of nitrogens with one attached hydrogen (secondary N) is 1. The Hall–Kier alpha value is -2.56. The van der Waals surface area contributed by atoms with E-state index in [9.17, 15) is 0 Å². The second-order valence-corrected chi connectivity index (χ2v) is 7.32. The minimum Gasteiger partial charge on any atom is -0.371 e. The molecule has 0 radical (unpaired) electrons. The lowest BCUT2D eigenvalue weighted by Gasteiger charge is -2.33. The molecule has 1 aromatic heterocycles. The van der Waals surface area contributed by atoms with Gasteiger partial charge < -0.3 is 16.0 Å². The molecular formula is C21H27N5. The first-order chi connectivity index (χ1) is 12.8. The molecule has 4 rings (SSSR count). The number of nitrogens with zero attached hydrogens (tertiary/aromatic N) is 3. The average molecular weight is 349 g/mol. The van der Waals surface area contributed by atoms with Crippen molar-refractivity contribution in [2.45, 2.75) is 32.1 Å². The second kappa shape index (κ2) is 7.77. The highest BCUT2D eigenvalue weighted by Crippen LogP contribution is 2.25. The molecule has 2 heterocycles. The predicted molar refractivity (Wildman–Crippen MR) is 108 cm³/mol. The van der Waals surface area contributed by atoms with Crippen molar-refractivity contribution in [1.82, 2.24) is 4.98 Å². The van der Waals surface area contributed by atoms with E-state index < -0.39 is 0 Å². The van der Waals surface area contributed by atoms with Crippen LogP contribution in [0.4, 0.5) is 11.4 Å². The number of benzene rings is 1. The quantitative estimate of drug-likeness (QED) is 0.657. The third-order valence-corrected chi connectivity index (χ3v) is 5.53. The molecule has 0 atom stereocenters. The van der Waals surface area contributed by atoms with Crippen molar-refractivity contribution in [2.24, 2.45) is 16.6 Å². The number of guanidine groups is 1. The van der Waals surface area contributed by atoms with Crippen LogP contribution in [0.2, 0.25) is 0 Å². The van der Waals surface area contributed by atoms with Crippen molar-refractivity contribution in [3.05, 3.63) is 53.9 Å². The summed E-state index contributed by atoms with van der Waals surface area (Å²) in [6, 6.07) is 10.7. The summed E-state index contributed by atoms with van der Waals surface area (Å²) in [5.41, 5.74) is 11.4. The van der Waals surface area contributed by atoms with Crippen LogP contribution in [-0.2, 0) is 12.8 Å². The van der Waals surface area contributed by atoms with Gasteiger partial charge in [0.15, 0.2) is 5.96 Å². The number of aliphatic imine (C=N–C) groups is 1. The number of hydrogen-bond donors (Lipinski definition) is 2. The molecular weight excluding hydrogens is 322 g/mol. The smallest absolute Gasteiger partial charge is 0.193 e. The van der Waals surface area contributed by atoms with E-state index in [4.69, 9.17) is 5.73 Å². The van der Waals surface area contributed by atoms with Gasteiger partial charge in [-0.05, 0) is 73.4 Å². The first-order valence-corrected chi connectivity index (χ1v) is 9.61. The largest absolute Gasteiger partial charge is 0.371 e. The summed E-state index contributed by atoms with van der Waals surface area (Å²) in [5.74, 6) is 1.13. The van der Waals surface area contributed by atoms with Crippen LogP contribution >= 0.6 is 0 Å². The Morgan fingerprint density at radius 2 is 1.88 bits per heavy atom. The van der Waals surface area contributed by atoms with Gasteiger partial charge in [-0.2, -0.15) is 0 Å². The predicted octanol–water partition coefficient (Wildman–Crippen LogP) is 3.21. The first kappa shape index (κ1) is 16.9. The average Bonchev–Trinajstić information content (AvgIpc) is 3.15. The van der Waals surface area contributed by atoms with E-state index >= 15 is 0 Å². The van der Waals surface area contributed by atoms with Crippen molar-refractivity contribution >= 4 is 17.3 Å². The second-order valence-electron chi connectivity index (χ2n) is 7.32. The standard InChI is InChI=1S/C21H27N5/c22-21(25-19-5-4-17-2-1-3-18(17)14-19)24-15-16-8-12-26(13-9-16)20-6-10-23-11-7-20/h4-7,10-11,14,16H,1-3,8-9,12-13,15H2,(H3,22,24,25). The molecule has 1 aliphatic heterocycles. The van der Waals surface area contributed by atoms with Gasteiger partial charge in [-0.1, -0.05) is 6.07 Å². The van der Waals surface area contributed by atoms with Crippen LogP contribution in [0, 0.1) is 5.92 Å². The molecule has 1 fully saturated rings. The summed E-state index contributed by atoms with van der Waals surface area (Å²) in [6.07, 6.45) is 9.67. The minimum atomic E-state index is 0.527. The zero-order chi connectivity index (χ0) is 17.8. The molecule has 136 valence electrons. The molecule has 2 aromatic rings. The topological polar surface area (TPSA) is 66.5 Å². The molecule has 1 aromatic carbocycles. The molecule has 0 unspecified atom stereocenters. The van der Waals surface area contributed by atoms with Crippen LogP contribution in [0.3, 0.4) is 0 Å². The highest BCUT2D eigenvalue weighted by Gasteiger charge is 2.19. The summed E-state index contributed by atoms with van der Waals surface area (Å²) >= 11 is 0. The van der Waals surface area contributed by atoms with E-state index in [1.807, 2.05) is 12.4 Å². The van der Waals surface area contributed by atoms with E-state index in [1.54, 1.807) is 0 Å². The zero-order valence-corrected chi connectivity index (χ0v) is 15.2. The van der Waals surface area contributed by atoms with Crippen LogP contribution in [0.15, 0.2) is 47.7 Å².